The first-order valence-electron chi connectivity index (χ1n) is 9.39. The molecule has 4 heterocycles. The second-order valence-corrected chi connectivity index (χ2v) is 8.44. The molecule has 4 rings (SSSR count). The Balaban J connectivity index is 1.36. The Morgan fingerprint density at radius 3 is 2.80 bits per heavy atom. The van der Waals surface area contributed by atoms with Gasteiger partial charge in [0, 0.05) is 44.1 Å². The van der Waals surface area contributed by atoms with Crippen molar-refractivity contribution < 1.29 is 14.2 Å². The number of nitrogens with zero attached hydrogens (tertiary/aromatic N) is 3. The van der Waals surface area contributed by atoms with Crippen molar-refractivity contribution in [1.29, 1.82) is 0 Å². The lowest BCUT2D eigenvalue weighted by molar-refractivity contribution is -0.0966. The lowest BCUT2D eigenvalue weighted by Crippen LogP contribution is -2.46. The highest BCUT2D eigenvalue weighted by Gasteiger charge is 2.43. The van der Waals surface area contributed by atoms with Gasteiger partial charge in [-0.3, -0.25) is 9.80 Å². The van der Waals surface area contributed by atoms with Crippen molar-refractivity contribution in [3.63, 3.8) is 0 Å². The Morgan fingerprint density at radius 1 is 1.20 bits per heavy atom. The minimum absolute atomic E-state index is 0.133. The maximum atomic E-state index is 6.59. The van der Waals surface area contributed by atoms with Crippen molar-refractivity contribution in [3.8, 4) is 0 Å². The van der Waals surface area contributed by atoms with Crippen LogP contribution in [0.3, 0.4) is 0 Å². The molecule has 140 valence electrons. The van der Waals surface area contributed by atoms with Crippen LogP contribution in [0.1, 0.15) is 23.4 Å². The molecule has 0 N–H and O–H groups in total. The summed E-state index contributed by atoms with van der Waals surface area (Å²) >= 11 is 1.75. The van der Waals surface area contributed by atoms with Gasteiger partial charge in [-0.1, -0.05) is 0 Å². The minimum Gasteiger partial charge on any atom is -0.379 e. The SMILES string of the molecule is Cc1ncsc1CN1CCOC[C@@]2(CC[C@@H](CN3CCOCC3)O2)C1. The second-order valence-electron chi connectivity index (χ2n) is 7.50. The lowest BCUT2D eigenvalue weighted by atomic mass is 10.00. The van der Waals surface area contributed by atoms with Crippen molar-refractivity contribution in [2.24, 2.45) is 0 Å². The third-order valence-corrected chi connectivity index (χ3v) is 6.46. The predicted molar refractivity (Wildman–Crippen MR) is 97.0 cm³/mol. The highest BCUT2D eigenvalue weighted by atomic mass is 32.1. The molecule has 3 saturated heterocycles. The maximum Gasteiger partial charge on any atom is 0.105 e. The molecule has 0 unspecified atom stereocenters. The van der Waals surface area contributed by atoms with Crippen LogP contribution in [0.15, 0.2) is 5.51 Å². The number of morpholine rings is 1. The Labute approximate surface area is 154 Å². The van der Waals surface area contributed by atoms with Gasteiger partial charge in [0.05, 0.1) is 43.7 Å². The monoisotopic (exact) mass is 367 g/mol. The summed E-state index contributed by atoms with van der Waals surface area (Å²) in [5, 5.41) is 0. The molecule has 2 atom stereocenters. The first-order chi connectivity index (χ1) is 12.2. The van der Waals surface area contributed by atoms with E-state index >= 15 is 0 Å². The van der Waals surface area contributed by atoms with Crippen molar-refractivity contribution in [2.45, 2.75) is 38.0 Å². The number of aromatic nitrogens is 1. The second kappa shape index (κ2) is 7.98. The zero-order chi connectivity index (χ0) is 17.1. The largest absolute Gasteiger partial charge is 0.379 e. The molecule has 0 bridgehead atoms. The van der Waals surface area contributed by atoms with Gasteiger partial charge in [-0.2, -0.15) is 0 Å². The van der Waals surface area contributed by atoms with Crippen LogP contribution in [0.2, 0.25) is 0 Å². The number of thiazole rings is 1. The maximum absolute atomic E-state index is 6.59. The predicted octanol–water partition coefficient (Wildman–Crippen LogP) is 1.53. The van der Waals surface area contributed by atoms with Crippen LogP contribution in [0.5, 0.6) is 0 Å². The van der Waals surface area contributed by atoms with E-state index in [0.717, 1.165) is 84.2 Å². The van der Waals surface area contributed by atoms with Gasteiger partial charge in [-0.25, -0.2) is 4.98 Å². The Hall–Kier alpha value is -0.570. The highest BCUT2D eigenvalue weighted by Crippen LogP contribution is 2.34. The van der Waals surface area contributed by atoms with E-state index in [-0.39, 0.29) is 5.60 Å². The number of hydrogen-bond acceptors (Lipinski definition) is 7. The summed E-state index contributed by atoms with van der Waals surface area (Å²) in [6, 6.07) is 0. The molecule has 3 fully saturated rings. The van der Waals surface area contributed by atoms with Crippen molar-refractivity contribution in [2.75, 3.05) is 59.2 Å². The van der Waals surface area contributed by atoms with Crippen LogP contribution in [-0.4, -0.2) is 85.6 Å². The summed E-state index contributed by atoms with van der Waals surface area (Å²) in [4.78, 5) is 10.7. The number of hydrogen-bond donors (Lipinski definition) is 0. The minimum atomic E-state index is -0.133. The van der Waals surface area contributed by atoms with Gasteiger partial charge in [-0.15, -0.1) is 11.3 Å². The van der Waals surface area contributed by atoms with Crippen molar-refractivity contribution in [1.82, 2.24) is 14.8 Å². The first kappa shape index (κ1) is 17.8. The molecule has 1 aromatic rings. The fourth-order valence-electron chi connectivity index (χ4n) is 4.12. The van der Waals surface area contributed by atoms with E-state index in [1.807, 2.05) is 5.51 Å². The van der Waals surface area contributed by atoms with Crippen molar-refractivity contribution in [3.05, 3.63) is 16.1 Å². The summed E-state index contributed by atoms with van der Waals surface area (Å²) in [7, 11) is 0. The summed E-state index contributed by atoms with van der Waals surface area (Å²) < 4.78 is 18.0. The molecule has 0 radical (unpaired) electrons. The van der Waals surface area contributed by atoms with Crippen LogP contribution >= 0.6 is 11.3 Å². The molecule has 1 aromatic heterocycles. The Morgan fingerprint density at radius 2 is 2.00 bits per heavy atom. The molecule has 7 heteroatoms. The average molecular weight is 368 g/mol. The van der Waals surface area contributed by atoms with E-state index in [0.29, 0.717) is 6.10 Å². The van der Waals surface area contributed by atoms with E-state index in [4.69, 9.17) is 14.2 Å². The van der Waals surface area contributed by atoms with Gasteiger partial charge in [0.25, 0.3) is 0 Å². The topological polar surface area (TPSA) is 47.1 Å². The van der Waals surface area contributed by atoms with Crippen LogP contribution in [0.25, 0.3) is 0 Å². The molecular weight excluding hydrogens is 338 g/mol. The number of aryl methyl sites for hydroxylation is 1. The third kappa shape index (κ3) is 4.40. The molecule has 25 heavy (non-hydrogen) atoms. The molecule has 6 nitrogen and oxygen atoms in total. The van der Waals surface area contributed by atoms with E-state index in [1.165, 1.54) is 4.88 Å². The number of ether oxygens (including phenoxy) is 3. The van der Waals surface area contributed by atoms with Gasteiger partial charge in [-0.05, 0) is 19.8 Å². The normalized spacial score (nSPS) is 32.3. The van der Waals surface area contributed by atoms with Gasteiger partial charge in [0.2, 0.25) is 0 Å². The smallest absolute Gasteiger partial charge is 0.105 e. The third-order valence-electron chi connectivity index (χ3n) is 5.54. The zero-order valence-electron chi connectivity index (χ0n) is 15.1. The Kier molecular flexibility index (Phi) is 5.69. The van der Waals surface area contributed by atoms with Crippen LogP contribution in [0.4, 0.5) is 0 Å². The molecule has 0 aliphatic carbocycles. The lowest BCUT2D eigenvalue weighted by Gasteiger charge is -2.33. The summed E-state index contributed by atoms with van der Waals surface area (Å²) in [6.45, 7) is 11.3. The van der Waals surface area contributed by atoms with Gasteiger partial charge in [0.15, 0.2) is 0 Å². The summed E-state index contributed by atoms with van der Waals surface area (Å²) in [6.07, 6.45) is 2.56. The molecule has 1 spiro atoms. The fourth-order valence-corrected chi connectivity index (χ4v) is 4.94. The molecule has 0 saturated carbocycles. The van der Waals surface area contributed by atoms with Crippen LogP contribution in [0, 0.1) is 6.92 Å². The summed E-state index contributed by atoms with van der Waals surface area (Å²) in [5.74, 6) is 0. The quantitative estimate of drug-likeness (QED) is 0.804. The number of rotatable bonds is 4. The highest BCUT2D eigenvalue weighted by molar-refractivity contribution is 7.09. The van der Waals surface area contributed by atoms with Crippen molar-refractivity contribution >= 4 is 11.3 Å². The van der Waals surface area contributed by atoms with E-state index in [2.05, 4.69) is 21.7 Å². The van der Waals surface area contributed by atoms with E-state index in [9.17, 15) is 0 Å². The van der Waals surface area contributed by atoms with E-state index < -0.39 is 0 Å². The van der Waals surface area contributed by atoms with Gasteiger partial charge < -0.3 is 14.2 Å². The fraction of sp³-hybridized carbons (Fsp3) is 0.833. The van der Waals surface area contributed by atoms with Gasteiger partial charge in [0.1, 0.15) is 5.60 Å². The van der Waals surface area contributed by atoms with Crippen LogP contribution < -0.4 is 0 Å². The Bertz CT molecular complexity index is 564. The molecular formula is C18H29N3O3S. The van der Waals surface area contributed by atoms with Gasteiger partial charge >= 0.3 is 0 Å². The molecule has 3 aliphatic heterocycles. The molecule has 3 aliphatic rings. The molecule has 0 aromatic carbocycles. The zero-order valence-corrected chi connectivity index (χ0v) is 15.9. The first-order valence-corrected chi connectivity index (χ1v) is 10.3. The molecule has 0 amide bonds. The van der Waals surface area contributed by atoms with Crippen LogP contribution in [-0.2, 0) is 20.8 Å². The summed E-state index contributed by atoms with van der Waals surface area (Å²) in [5.41, 5.74) is 2.97. The van der Waals surface area contributed by atoms with E-state index in [1.54, 1.807) is 11.3 Å². The standard InChI is InChI=1S/C18H29N3O3S/c1-15-17(25-14-19-15)11-21-6-9-23-13-18(12-21)3-2-16(24-18)10-20-4-7-22-8-5-20/h14,16H,2-13H2,1H3/t16-,18+/m0/s1. The average Bonchev–Trinajstić information content (AvgIpc) is 3.13.